The van der Waals surface area contributed by atoms with E-state index < -0.39 is 0 Å². The van der Waals surface area contributed by atoms with Crippen LogP contribution in [-0.4, -0.2) is 39.9 Å². The number of H-pyrrole nitrogens is 1. The van der Waals surface area contributed by atoms with Crippen molar-refractivity contribution in [1.82, 2.24) is 9.88 Å². The van der Waals surface area contributed by atoms with Gasteiger partial charge in [-0.2, -0.15) is 11.8 Å². The highest BCUT2D eigenvalue weighted by atomic mass is 32.2. The second-order valence-corrected chi connectivity index (χ2v) is 6.55. The first-order valence-corrected chi connectivity index (χ1v) is 8.02. The summed E-state index contributed by atoms with van der Waals surface area (Å²) in [5.41, 5.74) is 8.11. The summed E-state index contributed by atoms with van der Waals surface area (Å²) in [7, 11) is 0. The molecule has 20 heavy (non-hydrogen) atoms. The zero-order valence-electron chi connectivity index (χ0n) is 11.6. The summed E-state index contributed by atoms with van der Waals surface area (Å²) >= 11 is 1.96. The first-order chi connectivity index (χ1) is 9.69. The largest absolute Gasteiger partial charge is 0.397 e. The second kappa shape index (κ2) is 5.40. The number of carbonyl (C=O) groups excluding carboxylic acids is 1. The fourth-order valence-corrected chi connectivity index (χ4v) is 3.80. The van der Waals surface area contributed by atoms with Gasteiger partial charge in [-0.3, -0.25) is 4.79 Å². The first-order valence-electron chi connectivity index (χ1n) is 6.97. The number of nitrogen functional groups attached to an aromatic ring is 1. The Labute approximate surface area is 122 Å². The molecule has 3 rings (SSSR count). The van der Waals surface area contributed by atoms with Crippen molar-refractivity contribution in [2.45, 2.75) is 18.6 Å². The Bertz CT molecular complexity index is 637. The molecule has 0 bridgehead atoms. The topological polar surface area (TPSA) is 62.1 Å². The van der Waals surface area contributed by atoms with Crippen LogP contribution >= 0.6 is 11.8 Å². The lowest BCUT2D eigenvalue weighted by Crippen LogP contribution is -2.41. The van der Waals surface area contributed by atoms with Crippen LogP contribution in [0.25, 0.3) is 10.9 Å². The van der Waals surface area contributed by atoms with Crippen LogP contribution in [0, 0.1) is 0 Å². The third kappa shape index (κ3) is 2.38. The summed E-state index contributed by atoms with van der Waals surface area (Å²) in [4.78, 5) is 17.7. The van der Waals surface area contributed by atoms with Gasteiger partial charge in [0.1, 0.15) is 5.69 Å². The number of aromatic amines is 1. The number of nitrogens with zero attached hydrogens (tertiary/aromatic N) is 1. The monoisotopic (exact) mass is 289 g/mol. The van der Waals surface area contributed by atoms with Crippen LogP contribution < -0.4 is 5.73 Å². The van der Waals surface area contributed by atoms with Crippen molar-refractivity contribution in [3.05, 3.63) is 30.0 Å². The minimum absolute atomic E-state index is 0.0827. The molecule has 1 atom stereocenters. The van der Waals surface area contributed by atoms with Gasteiger partial charge in [0.2, 0.25) is 0 Å². The van der Waals surface area contributed by atoms with E-state index >= 15 is 0 Å². The van der Waals surface area contributed by atoms with Crippen molar-refractivity contribution in [2.24, 2.45) is 0 Å². The maximum atomic E-state index is 12.6. The highest BCUT2D eigenvalue weighted by Crippen LogP contribution is 2.25. The molecule has 1 aromatic heterocycles. The predicted octanol–water partition coefficient (Wildman–Crippen LogP) is 2.72. The van der Waals surface area contributed by atoms with Crippen LogP contribution in [0.1, 0.15) is 23.8 Å². The standard InChI is InChI=1S/C15H19N3OS/c1-2-11-9-18(6-7-20-11)15(19)13-8-10-4-3-5-12(16)14(10)17-13/h3-5,8,11,17H,2,6-7,9,16H2,1H3. The quantitative estimate of drug-likeness (QED) is 0.836. The van der Waals surface area contributed by atoms with E-state index in [1.165, 1.54) is 0 Å². The lowest BCUT2D eigenvalue weighted by Gasteiger charge is -2.31. The summed E-state index contributed by atoms with van der Waals surface area (Å²) in [6, 6.07) is 7.62. The number of nitrogens with one attached hydrogen (secondary N) is 1. The molecule has 0 saturated carbocycles. The van der Waals surface area contributed by atoms with Gasteiger partial charge in [0.15, 0.2) is 0 Å². The number of hydrogen-bond acceptors (Lipinski definition) is 3. The predicted molar refractivity (Wildman–Crippen MR) is 85.2 cm³/mol. The molecule has 5 heteroatoms. The summed E-state index contributed by atoms with van der Waals surface area (Å²) in [5, 5.41) is 1.55. The average Bonchev–Trinajstić information content (AvgIpc) is 2.92. The summed E-state index contributed by atoms with van der Waals surface area (Å²) < 4.78 is 0. The van der Waals surface area contributed by atoms with Crippen molar-refractivity contribution < 1.29 is 4.79 Å². The zero-order valence-corrected chi connectivity index (χ0v) is 12.4. The number of para-hydroxylation sites is 1. The summed E-state index contributed by atoms with van der Waals surface area (Å²) in [6.45, 7) is 3.84. The molecule has 1 aromatic carbocycles. The van der Waals surface area contributed by atoms with E-state index in [1.807, 2.05) is 40.9 Å². The lowest BCUT2D eigenvalue weighted by molar-refractivity contribution is 0.0756. The molecule has 1 aliphatic rings. The van der Waals surface area contributed by atoms with Crippen LogP contribution in [-0.2, 0) is 0 Å². The molecule has 4 nitrogen and oxygen atoms in total. The van der Waals surface area contributed by atoms with Gasteiger partial charge in [-0.05, 0) is 18.6 Å². The number of thioether (sulfide) groups is 1. The Morgan fingerprint density at radius 3 is 3.15 bits per heavy atom. The number of anilines is 1. The molecule has 0 radical (unpaired) electrons. The number of benzene rings is 1. The van der Waals surface area contributed by atoms with Gasteiger partial charge in [-0.25, -0.2) is 0 Å². The normalized spacial score (nSPS) is 19.4. The van der Waals surface area contributed by atoms with E-state index in [1.54, 1.807) is 0 Å². The number of nitrogens with two attached hydrogens (primary N) is 1. The molecule has 1 fully saturated rings. The number of fused-ring (bicyclic) bond motifs is 1. The third-order valence-corrected chi connectivity index (χ3v) is 5.17. The summed E-state index contributed by atoms with van der Waals surface area (Å²) in [6.07, 6.45) is 1.11. The lowest BCUT2D eigenvalue weighted by atomic mass is 10.2. The zero-order chi connectivity index (χ0) is 14.1. The fourth-order valence-electron chi connectivity index (χ4n) is 2.62. The molecule has 0 spiro atoms. The van der Waals surface area contributed by atoms with Gasteiger partial charge in [0.25, 0.3) is 5.91 Å². The number of amides is 1. The van der Waals surface area contributed by atoms with Crippen LogP contribution in [0.15, 0.2) is 24.3 Å². The highest BCUT2D eigenvalue weighted by molar-refractivity contribution is 8.00. The maximum Gasteiger partial charge on any atom is 0.270 e. The van der Waals surface area contributed by atoms with E-state index in [9.17, 15) is 4.79 Å². The van der Waals surface area contributed by atoms with Crippen LogP contribution in [0.2, 0.25) is 0 Å². The molecular weight excluding hydrogens is 270 g/mol. The number of aromatic nitrogens is 1. The van der Waals surface area contributed by atoms with Crippen LogP contribution in [0.4, 0.5) is 5.69 Å². The van der Waals surface area contributed by atoms with Gasteiger partial charge in [0.05, 0.1) is 11.2 Å². The number of hydrogen-bond donors (Lipinski definition) is 2. The van der Waals surface area contributed by atoms with E-state index in [4.69, 9.17) is 5.73 Å². The molecule has 3 N–H and O–H groups in total. The maximum absolute atomic E-state index is 12.6. The van der Waals surface area contributed by atoms with Crippen molar-refractivity contribution in [3.8, 4) is 0 Å². The van der Waals surface area contributed by atoms with Crippen LogP contribution in [0.3, 0.4) is 0 Å². The Kier molecular flexibility index (Phi) is 3.61. The Morgan fingerprint density at radius 2 is 2.40 bits per heavy atom. The first kappa shape index (κ1) is 13.4. The van der Waals surface area contributed by atoms with Gasteiger partial charge < -0.3 is 15.6 Å². The third-order valence-electron chi connectivity index (χ3n) is 3.80. The van der Waals surface area contributed by atoms with Gasteiger partial charge in [0, 0.05) is 29.5 Å². The van der Waals surface area contributed by atoms with E-state index in [0.29, 0.717) is 16.6 Å². The smallest absolute Gasteiger partial charge is 0.270 e. The van der Waals surface area contributed by atoms with Gasteiger partial charge >= 0.3 is 0 Å². The van der Waals surface area contributed by atoms with Crippen molar-refractivity contribution in [3.63, 3.8) is 0 Å². The minimum atomic E-state index is 0.0827. The van der Waals surface area contributed by atoms with E-state index in [2.05, 4.69) is 11.9 Å². The van der Waals surface area contributed by atoms with Crippen LogP contribution in [0.5, 0.6) is 0 Å². The molecule has 1 aliphatic heterocycles. The highest BCUT2D eigenvalue weighted by Gasteiger charge is 2.24. The average molecular weight is 289 g/mol. The minimum Gasteiger partial charge on any atom is -0.397 e. The SMILES string of the molecule is CCC1CN(C(=O)c2cc3cccc(N)c3[nH]2)CCS1. The molecule has 1 saturated heterocycles. The second-order valence-electron chi connectivity index (χ2n) is 5.15. The number of rotatable bonds is 2. The molecule has 106 valence electrons. The fraction of sp³-hybridized carbons (Fsp3) is 0.400. The molecule has 1 unspecified atom stereocenters. The van der Waals surface area contributed by atoms with Crippen molar-refractivity contribution in [1.29, 1.82) is 0 Å². The molecular formula is C15H19N3OS. The molecule has 0 aliphatic carbocycles. The molecule has 2 aromatic rings. The Morgan fingerprint density at radius 1 is 1.55 bits per heavy atom. The van der Waals surface area contributed by atoms with E-state index in [0.717, 1.165) is 36.2 Å². The van der Waals surface area contributed by atoms with Crippen molar-refractivity contribution >= 4 is 34.3 Å². The Hall–Kier alpha value is -1.62. The molecule has 1 amide bonds. The van der Waals surface area contributed by atoms with Gasteiger partial charge in [-0.15, -0.1) is 0 Å². The van der Waals surface area contributed by atoms with Crippen molar-refractivity contribution in [2.75, 3.05) is 24.6 Å². The number of carbonyl (C=O) groups is 1. The Balaban J connectivity index is 1.86. The van der Waals surface area contributed by atoms with Gasteiger partial charge in [-0.1, -0.05) is 19.1 Å². The summed E-state index contributed by atoms with van der Waals surface area (Å²) in [5.74, 6) is 1.10. The van der Waals surface area contributed by atoms with E-state index in [-0.39, 0.29) is 5.91 Å². The molecule has 2 heterocycles.